The van der Waals surface area contributed by atoms with Crippen LogP contribution >= 0.6 is 17.0 Å². The summed E-state index contributed by atoms with van der Waals surface area (Å²) in [5.41, 5.74) is 8.97. The number of unbranched alkanes of at least 4 members (excludes halogenated alkanes) is 1. The number of benzene rings is 2. The summed E-state index contributed by atoms with van der Waals surface area (Å²) in [4.78, 5) is 0. The van der Waals surface area contributed by atoms with Gasteiger partial charge in [-0.3, -0.25) is 0 Å². The van der Waals surface area contributed by atoms with Crippen LogP contribution in [-0.4, -0.2) is 0 Å². The molecule has 0 aromatic heterocycles. The van der Waals surface area contributed by atoms with E-state index in [4.69, 9.17) is 17.0 Å². The minimum atomic E-state index is -0.826. The fourth-order valence-electron chi connectivity index (χ4n) is 4.37. The van der Waals surface area contributed by atoms with Crippen LogP contribution in [0, 0.1) is 0 Å². The second kappa shape index (κ2) is 12.5. The monoisotopic (exact) mass is 561 g/mol. The van der Waals surface area contributed by atoms with Crippen molar-refractivity contribution in [2.24, 2.45) is 0 Å². The van der Waals surface area contributed by atoms with Crippen LogP contribution in [0.3, 0.4) is 0 Å². The van der Waals surface area contributed by atoms with Gasteiger partial charge in [-0.2, -0.15) is 6.07 Å². The van der Waals surface area contributed by atoms with E-state index >= 15 is 0 Å². The Morgan fingerprint density at radius 2 is 1.36 bits per heavy atom. The van der Waals surface area contributed by atoms with E-state index in [0.29, 0.717) is 0 Å². The molecule has 0 aliphatic carbocycles. The molecule has 0 aliphatic heterocycles. The van der Waals surface area contributed by atoms with Crippen molar-refractivity contribution in [2.45, 2.75) is 98.3 Å². The average Bonchev–Trinajstić information content (AvgIpc) is 3.14. The maximum atomic E-state index is 4.93. The van der Waals surface area contributed by atoms with Gasteiger partial charge in [-0.05, 0) is 40.4 Å². The number of hydrogen-bond donors (Lipinski definition) is 0. The SMILES string of the molecule is CCCCc1cc2c(-c3cc(C(C)(C)C)cc(C(C)(C)C)c3)c(CCC)ccc2[cH-]1.[Cl][Zr][Cl]. The van der Waals surface area contributed by atoms with Crippen molar-refractivity contribution in [3.05, 3.63) is 64.7 Å². The molecule has 3 rings (SSSR count). The second-order valence-electron chi connectivity index (χ2n) is 11.2. The molecule has 33 heavy (non-hydrogen) atoms. The molecular formula is C30H41Cl2Zr-. The topological polar surface area (TPSA) is 0 Å². The predicted molar refractivity (Wildman–Crippen MR) is 147 cm³/mol. The van der Waals surface area contributed by atoms with Crippen LogP contribution in [0.2, 0.25) is 0 Å². The summed E-state index contributed by atoms with van der Waals surface area (Å²) >= 11 is -0.826. The average molecular weight is 564 g/mol. The van der Waals surface area contributed by atoms with Crippen molar-refractivity contribution in [2.75, 3.05) is 0 Å². The molecule has 0 amide bonds. The summed E-state index contributed by atoms with van der Waals surface area (Å²) < 4.78 is 0. The molecule has 0 nitrogen and oxygen atoms in total. The summed E-state index contributed by atoms with van der Waals surface area (Å²) in [7, 11) is 9.87. The Morgan fingerprint density at radius 3 is 1.85 bits per heavy atom. The van der Waals surface area contributed by atoms with Gasteiger partial charge in [0.25, 0.3) is 0 Å². The van der Waals surface area contributed by atoms with Crippen LogP contribution in [0.1, 0.15) is 96.9 Å². The van der Waals surface area contributed by atoms with Gasteiger partial charge in [-0.25, -0.2) is 0 Å². The first-order valence-corrected chi connectivity index (χ1v) is 18.6. The molecule has 0 spiro atoms. The first kappa shape index (κ1) is 28.7. The first-order chi connectivity index (χ1) is 15.5. The van der Waals surface area contributed by atoms with E-state index in [1.807, 2.05) is 0 Å². The Morgan fingerprint density at radius 1 is 0.788 bits per heavy atom. The molecule has 0 saturated heterocycles. The molecule has 0 unspecified atom stereocenters. The molecule has 0 fully saturated rings. The summed E-state index contributed by atoms with van der Waals surface area (Å²) in [5, 5.41) is 2.84. The van der Waals surface area contributed by atoms with Crippen molar-refractivity contribution < 1.29 is 20.8 Å². The zero-order valence-corrected chi connectivity index (χ0v) is 25.8. The van der Waals surface area contributed by atoms with E-state index in [0.717, 1.165) is 6.42 Å². The maximum absolute atomic E-state index is 4.93. The molecule has 0 radical (unpaired) electrons. The molecular weight excluding hydrogens is 522 g/mol. The van der Waals surface area contributed by atoms with Crippen molar-refractivity contribution in [1.82, 2.24) is 0 Å². The van der Waals surface area contributed by atoms with Gasteiger partial charge in [0.2, 0.25) is 0 Å². The summed E-state index contributed by atoms with van der Waals surface area (Å²) in [6.07, 6.45) is 6.00. The number of rotatable bonds is 6. The molecule has 0 atom stereocenters. The summed E-state index contributed by atoms with van der Waals surface area (Å²) in [6, 6.07) is 17.0. The standard InChI is InChI=1S/C30H41.2ClH.Zr/c1-9-11-13-21-16-23-15-14-22(12-10-2)28(27(23)17-21)24-18-25(29(3,4)5)20-26(19-24)30(6,7)8;;;/h14-20H,9-13H2,1-8H3;2*1H;/q-1;;;+2/p-2. The van der Waals surface area contributed by atoms with Crippen molar-refractivity contribution in [1.29, 1.82) is 0 Å². The zero-order chi connectivity index (χ0) is 24.8. The van der Waals surface area contributed by atoms with Crippen LogP contribution in [0.4, 0.5) is 0 Å². The fourth-order valence-corrected chi connectivity index (χ4v) is 4.37. The Bertz CT molecular complexity index is 1000. The Labute approximate surface area is 221 Å². The summed E-state index contributed by atoms with van der Waals surface area (Å²) in [5.74, 6) is 0. The number of fused-ring (bicyclic) bond motifs is 1. The van der Waals surface area contributed by atoms with Crippen LogP contribution in [0.5, 0.6) is 0 Å². The molecule has 3 aromatic rings. The number of hydrogen-bond acceptors (Lipinski definition) is 0. The molecule has 180 valence electrons. The van der Waals surface area contributed by atoms with Crippen LogP contribution in [-0.2, 0) is 44.5 Å². The van der Waals surface area contributed by atoms with E-state index in [2.05, 4.69) is 97.9 Å². The number of halogens is 2. The summed E-state index contributed by atoms with van der Waals surface area (Å²) in [6.45, 7) is 18.6. The minimum absolute atomic E-state index is 0.132. The Kier molecular flexibility index (Phi) is 10.9. The Balaban J connectivity index is 0.00000122. The third-order valence-corrected chi connectivity index (χ3v) is 6.33. The molecule has 0 saturated carbocycles. The molecule has 3 heteroatoms. The van der Waals surface area contributed by atoms with Gasteiger partial charge >= 0.3 is 37.9 Å². The molecule has 0 bridgehead atoms. The van der Waals surface area contributed by atoms with E-state index in [9.17, 15) is 0 Å². The van der Waals surface area contributed by atoms with Crippen LogP contribution in [0.15, 0.2) is 42.5 Å². The van der Waals surface area contributed by atoms with Gasteiger partial charge < -0.3 is 0 Å². The van der Waals surface area contributed by atoms with Gasteiger partial charge in [0, 0.05) is 0 Å². The third kappa shape index (κ3) is 7.75. The van der Waals surface area contributed by atoms with E-state index in [-0.39, 0.29) is 10.8 Å². The van der Waals surface area contributed by atoms with Crippen LogP contribution < -0.4 is 0 Å². The molecule has 3 aromatic carbocycles. The van der Waals surface area contributed by atoms with Crippen molar-refractivity contribution in [3.8, 4) is 11.1 Å². The third-order valence-electron chi connectivity index (χ3n) is 6.33. The van der Waals surface area contributed by atoms with Gasteiger partial charge in [0.1, 0.15) is 0 Å². The van der Waals surface area contributed by atoms with Gasteiger partial charge in [0.15, 0.2) is 0 Å². The van der Waals surface area contributed by atoms with Gasteiger partial charge in [0.05, 0.1) is 0 Å². The van der Waals surface area contributed by atoms with E-state index in [1.165, 1.54) is 69.8 Å². The van der Waals surface area contributed by atoms with Crippen molar-refractivity contribution in [3.63, 3.8) is 0 Å². The first-order valence-electron chi connectivity index (χ1n) is 12.3. The van der Waals surface area contributed by atoms with E-state index < -0.39 is 20.8 Å². The van der Waals surface area contributed by atoms with Gasteiger partial charge in [-0.15, -0.1) is 34.5 Å². The quantitative estimate of drug-likeness (QED) is 0.262. The van der Waals surface area contributed by atoms with Crippen LogP contribution in [0.25, 0.3) is 21.9 Å². The zero-order valence-electron chi connectivity index (χ0n) is 21.8. The predicted octanol–water partition coefficient (Wildman–Crippen LogP) is 10.5. The number of aryl methyl sites for hydroxylation is 2. The molecule has 0 heterocycles. The Hall–Kier alpha value is -0.487. The van der Waals surface area contributed by atoms with E-state index in [1.54, 1.807) is 0 Å². The normalized spacial score (nSPS) is 11.9. The van der Waals surface area contributed by atoms with Crippen molar-refractivity contribution >= 4 is 27.8 Å². The van der Waals surface area contributed by atoms with Gasteiger partial charge in [-0.1, -0.05) is 104 Å². The second-order valence-corrected chi connectivity index (χ2v) is 14.9. The molecule has 0 N–H and O–H groups in total. The molecule has 0 aliphatic rings. The fraction of sp³-hybridized carbons (Fsp3) is 0.500.